The van der Waals surface area contributed by atoms with Crippen LogP contribution in [-0.4, -0.2) is 0 Å². The van der Waals surface area contributed by atoms with E-state index >= 15 is 0 Å². The molecule has 0 aromatic rings. The van der Waals surface area contributed by atoms with Crippen LogP contribution in [0, 0.1) is 17.8 Å². The summed E-state index contributed by atoms with van der Waals surface area (Å²) in [4.78, 5) is 0. The van der Waals surface area contributed by atoms with Crippen molar-refractivity contribution in [2.75, 3.05) is 0 Å². The van der Waals surface area contributed by atoms with Crippen molar-refractivity contribution >= 4 is 0 Å². The Balaban J connectivity index is 1.69. The van der Waals surface area contributed by atoms with E-state index in [1.165, 1.54) is 12.3 Å². The fraction of sp³-hybridized carbons (Fsp3) is 1.00. The first kappa shape index (κ1) is 4.84. The molecule has 2 aliphatic carbocycles. The van der Waals surface area contributed by atoms with Crippen LogP contribution in [0.15, 0.2) is 0 Å². The van der Waals surface area contributed by atoms with Crippen molar-refractivity contribution in [2.24, 2.45) is 17.8 Å². The highest BCUT2D eigenvalue weighted by Gasteiger charge is 2.37. The lowest BCUT2D eigenvalue weighted by Crippen LogP contribution is -1.79. The van der Waals surface area contributed by atoms with Crippen LogP contribution in [0.4, 0.5) is 0 Å². The maximum atomic E-state index is 2.38. The fourth-order valence-electron chi connectivity index (χ4n) is 1.51. The summed E-state index contributed by atoms with van der Waals surface area (Å²) in [5.74, 6) is 3.42. The van der Waals surface area contributed by atoms with Gasteiger partial charge in [-0.2, -0.15) is 0 Å². The molecule has 2 fully saturated rings. The van der Waals surface area contributed by atoms with E-state index in [9.17, 15) is 0 Å². The van der Waals surface area contributed by atoms with E-state index in [2.05, 4.69) is 6.92 Å². The van der Waals surface area contributed by atoms with Gasteiger partial charge in [-0.25, -0.2) is 0 Å². The van der Waals surface area contributed by atoms with E-state index in [0.29, 0.717) is 0 Å². The Labute approximate surface area is 51.3 Å². The molecule has 0 heteroatoms. The molecule has 0 aliphatic heterocycles. The Bertz CT molecular complexity index is 92.2. The molecule has 0 bridgehead atoms. The Morgan fingerprint density at radius 1 is 1.38 bits per heavy atom. The van der Waals surface area contributed by atoms with Crippen molar-refractivity contribution in [3.05, 3.63) is 0 Å². The molecule has 2 aliphatic rings. The predicted octanol–water partition coefficient (Wildman–Crippen LogP) is 2.44. The number of rotatable bonds is 2. The maximum absolute atomic E-state index is 2.38. The summed E-state index contributed by atoms with van der Waals surface area (Å²) in [6, 6.07) is 0. The van der Waals surface area contributed by atoms with Gasteiger partial charge < -0.3 is 0 Å². The lowest BCUT2D eigenvalue weighted by atomic mass is 10.2. The SMILES string of the molecule is C[C@@H]1C[C@@H]1CC1CC1. The average molecular weight is 110 g/mol. The van der Waals surface area contributed by atoms with E-state index in [1.54, 1.807) is 19.3 Å². The molecular weight excluding hydrogens is 96.1 g/mol. The monoisotopic (exact) mass is 110 g/mol. The molecule has 0 aromatic heterocycles. The van der Waals surface area contributed by atoms with Gasteiger partial charge in [0.1, 0.15) is 0 Å². The Kier molecular flexibility index (Phi) is 0.902. The second-order valence-electron chi connectivity index (χ2n) is 3.65. The molecule has 0 aromatic carbocycles. The summed E-state index contributed by atoms with van der Waals surface area (Å²) < 4.78 is 0. The van der Waals surface area contributed by atoms with Gasteiger partial charge in [0.15, 0.2) is 0 Å². The van der Waals surface area contributed by atoms with Gasteiger partial charge in [0.2, 0.25) is 0 Å². The quantitative estimate of drug-likeness (QED) is 0.512. The number of hydrogen-bond acceptors (Lipinski definition) is 0. The van der Waals surface area contributed by atoms with Crippen LogP contribution < -0.4 is 0 Å². The van der Waals surface area contributed by atoms with Gasteiger partial charge >= 0.3 is 0 Å². The van der Waals surface area contributed by atoms with Crippen LogP contribution >= 0.6 is 0 Å². The second kappa shape index (κ2) is 1.49. The van der Waals surface area contributed by atoms with Crippen molar-refractivity contribution in [1.82, 2.24) is 0 Å². The Morgan fingerprint density at radius 3 is 2.38 bits per heavy atom. The van der Waals surface area contributed by atoms with E-state index in [0.717, 1.165) is 11.8 Å². The van der Waals surface area contributed by atoms with Gasteiger partial charge in [0.05, 0.1) is 0 Å². The molecule has 0 nitrogen and oxygen atoms in total. The van der Waals surface area contributed by atoms with Crippen LogP contribution in [0.5, 0.6) is 0 Å². The topological polar surface area (TPSA) is 0 Å². The van der Waals surface area contributed by atoms with Crippen LogP contribution in [0.3, 0.4) is 0 Å². The molecular formula is C8H14. The Morgan fingerprint density at radius 2 is 2.00 bits per heavy atom. The van der Waals surface area contributed by atoms with Crippen LogP contribution in [-0.2, 0) is 0 Å². The minimum Gasteiger partial charge on any atom is -0.0622 e. The molecule has 0 N–H and O–H groups in total. The largest absolute Gasteiger partial charge is 0.0622 e. The van der Waals surface area contributed by atoms with E-state index in [4.69, 9.17) is 0 Å². The zero-order valence-electron chi connectivity index (χ0n) is 5.56. The zero-order chi connectivity index (χ0) is 5.56. The van der Waals surface area contributed by atoms with Crippen molar-refractivity contribution in [3.8, 4) is 0 Å². The summed E-state index contributed by atoms with van der Waals surface area (Å²) in [7, 11) is 0. The predicted molar refractivity (Wildman–Crippen MR) is 34.6 cm³/mol. The van der Waals surface area contributed by atoms with Crippen LogP contribution in [0.2, 0.25) is 0 Å². The maximum Gasteiger partial charge on any atom is -0.0383 e. The van der Waals surface area contributed by atoms with Crippen LogP contribution in [0.25, 0.3) is 0 Å². The molecule has 46 valence electrons. The highest BCUT2D eigenvalue weighted by atomic mass is 14.4. The first-order valence-electron chi connectivity index (χ1n) is 3.86. The third-order valence-corrected chi connectivity index (χ3v) is 2.61. The molecule has 2 saturated carbocycles. The fourth-order valence-corrected chi connectivity index (χ4v) is 1.51. The normalized spacial score (nSPS) is 44.6. The summed E-state index contributed by atoms with van der Waals surface area (Å²) in [5, 5.41) is 0. The summed E-state index contributed by atoms with van der Waals surface area (Å²) in [5.41, 5.74) is 0. The van der Waals surface area contributed by atoms with Gasteiger partial charge in [-0.05, 0) is 30.6 Å². The Hall–Kier alpha value is 0. The molecule has 0 spiro atoms. The second-order valence-corrected chi connectivity index (χ2v) is 3.65. The molecule has 2 rings (SSSR count). The third-order valence-electron chi connectivity index (χ3n) is 2.61. The molecule has 0 saturated heterocycles. The van der Waals surface area contributed by atoms with Gasteiger partial charge in [-0.3, -0.25) is 0 Å². The van der Waals surface area contributed by atoms with Gasteiger partial charge in [0, 0.05) is 0 Å². The van der Waals surface area contributed by atoms with Gasteiger partial charge in [-0.15, -0.1) is 0 Å². The number of hydrogen-bond donors (Lipinski definition) is 0. The molecule has 0 heterocycles. The van der Waals surface area contributed by atoms with Gasteiger partial charge in [-0.1, -0.05) is 19.8 Å². The smallest absolute Gasteiger partial charge is 0.0383 e. The minimum absolute atomic E-state index is 1.09. The first-order valence-corrected chi connectivity index (χ1v) is 3.86. The van der Waals surface area contributed by atoms with Crippen LogP contribution in [0.1, 0.15) is 32.6 Å². The van der Waals surface area contributed by atoms with Crippen molar-refractivity contribution in [2.45, 2.75) is 32.6 Å². The average Bonchev–Trinajstić information content (AvgIpc) is 2.52. The zero-order valence-corrected chi connectivity index (χ0v) is 5.56. The highest BCUT2D eigenvalue weighted by molar-refractivity contribution is 4.87. The van der Waals surface area contributed by atoms with E-state index in [1.807, 2.05) is 0 Å². The highest BCUT2D eigenvalue weighted by Crippen LogP contribution is 2.48. The third kappa shape index (κ3) is 0.888. The first-order chi connectivity index (χ1) is 3.86. The lowest BCUT2D eigenvalue weighted by molar-refractivity contribution is 0.615. The summed E-state index contributed by atoms with van der Waals surface area (Å²) in [6.45, 7) is 2.38. The van der Waals surface area contributed by atoms with E-state index in [-0.39, 0.29) is 0 Å². The van der Waals surface area contributed by atoms with Crippen molar-refractivity contribution in [1.29, 1.82) is 0 Å². The van der Waals surface area contributed by atoms with Gasteiger partial charge in [0.25, 0.3) is 0 Å². The molecule has 2 atom stereocenters. The van der Waals surface area contributed by atoms with Crippen molar-refractivity contribution < 1.29 is 0 Å². The minimum atomic E-state index is 1.09. The summed E-state index contributed by atoms with van der Waals surface area (Å²) in [6.07, 6.45) is 6.20. The molecule has 0 unspecified atom stereocenters. The molecule has 0 amide bonds. The van der Waals surface area contributed by atoms with E-state index < -0.39 is 0 Å². The van der Waals surface area contributed by atoms with Crippen molar-refractivity contribution in [3.63, 3.8) is 0 Å². The lowest BCUT2D eigenvalue weighted by Gasteiger charge is -1.89. The standard InChI is InChI=1S/C8H14/c1-6-4-8(6)5-7-2-3-7/h6-8H,2-5H2,1H3/t6-,8-/m1/s1. The summed E-state index contributed by atoms with van der Waals surface area (Å²) >= 11 is 0. The molecule has 0 radical (unpaired) electrons. The molecule has 8 heavy (non-hydrogen) atoms.